The van der Waals surface area contributed by atoms with Gasteiger partial charge in [-0.3, -0.25) is 14.6 Å². The van der Waals surface area contributed by atoms with Crippen molar-refractivity contribution in [1.29, 1.82) is 0 Å². The number of carbonyl (C=O) groups is 1. The van der Waals surface area contributed by atoms with Gasteiger partial charge in [0, 0.05) is 11.6 Å². The molecule has 6 heteroatoms. The highest BCUT2D eigenvalue weighted by Crippen LogP contribution is 2.23. The largest absolute Gasteiger partial charge is 0.349 e. The van der Waals surface area contributed by atoms with E-state index < -0.39 is 0 Å². The molecular formula is C16H19N3O2S. The fourth-order valence-electron chi connectivity index (χ4n) is 3.14. The van der Waals surface area contributed by atoms with Crippen molar-refractivity contribution in [3.63, 3.8) is 0 Å². The monoisotopic (exact) mass is 317 g/mol. The number of H-pyrrole nitrogens is 2. The van der Waals surface area contributed by atoms with Crippen LogP contribution in [0.5, 0.6) is 0 Å². The maximum Gasteiger partial charge on any atom is 0.259 e. The zero-order valence-corrected chi connectivity index (χ0v) is 13.3. The van der Waals surface area contributed by atoms with Crippen LogP contribution < -0.4 is 10.9 Å². The molecule has 0 unspecified atom stereocenters. The summed E-state index contributed by atoms with van der Waals surface area (Å²) in [6.45, 7) is 2.22. The number of aromatic amines is 2. The van der Waals surface area contributed by atoms with Gasteiger partial charge in [0.25, 0.3) is 11.5 Å². The van der Waals surface area contributed by atoms with E-state index in [4.69, 9.17) is 12.2 Å². The Morgan fingerprint density at radius 2 is 2.14 bits per heavy atom. The van der Waals surface area contributed by atoms with Crippen LogP contribution in [0, 0.1) is 10.7 Å². The minimum Gasteiger partial charge on any atom is -0.349 e. The number of hydrogen-bond donors (Lipinski definition) is 3. The number of hydrogen-bond acceptors (Lipinski definition) is 3. The van der Waals surface area contributed by atoms with E-state index in [0.717, 1.165) is 19.3 Å². The average Bonchev–Trinajstić information content (AvgIpc) is 2.46. The Morgan fingerprint density at radius 3 is 2.91 bits per heavy atom. The zero-order chi connectivity index (χ0) is 15.7. The van der Waals surface area contributed by atoms with Crippen molar-refractivity contribution in [3.8, 4) is 0 Å². The summed E-state index contributed by atoms with van der Waals surface area (Å²) in [6, 6.07) is 5.25. The molecule has 1 aromatic carbocycles. The van der Waals surface area contributed by atoms with Crippen molar-refractivity contribution in [1.82, 2.24) is 15.3 Å². The van der Waals surface area contributed by atoms with Gasteiger partial charge in [-0.1, -0.05) is 19.8 Å². The maximum absolute atomic E-state index is 12.4. The van der Waals surface area contributed by atoms with Gasteiger partial charge in [0.05, 0.1) is 10.9 Å². The van der Waals surface area contributed by atoms with Crippen molar-refractivity contribution in [3.05, 3.63) is 38.9 Å². The van der Waals surface area contributed by atoms with Crippen LogP contribution in [0.15, 0.2) is 23.0 Å². The normalized spacial score (nSPS) is 21.7. The number of amides is 1. The molecule has 1 saturated carbocycles. The van der Waals surface area contributed by atoms with E-state index in [1.165, 1.54) is 6.42 Å². The minimum atomic E-state index is -0.244. The highest BCUT2D eigenvalue weighted by atomic mass is 32.1. The summed E-state index contributed by atoms with van der Waals surface area (Å²) in [5.74, 6) is 0.561. The van der Waals surface area contributed by atoms with Gasteiger partial charge in [0.15, 0.2) is 4.77 Å². The first-order chi connectivity index (χ1) is 10.5. The highest BCUT2D eigenvalue weighted by molar-refractivity contribution is 7.71. The standard InChI is InChI=1S/C16H19N3O2S/c1-9-3-2-4-11(7-9)17-14(20)10-5-6-12-13(8-10)18-16(22)19-15(12)21/h5-6,8-9,11H,2-4,7H2,1H3,(H,17,20)(H2,18,19,21,22)/t9-,11+/m1/s1. The number of aromatic nitrogens is 2. The number of nitrogens with one attached hydrogen (secondary N) is 3. The van der Waals surface area contributed by atoms with Crippen LogP contribution in [0.2, 0.25) is 0 Å². The van der Waals surface area contributed by atoms with Crippen molar-refractivity contribution >= 4 is 29.0 Å². The van der Waals surface area contributed by atoms with Gasteiger partial charge in [0.1, 0.15) is 0 Å². The molecule has 2 atom stereocenters. The number of carbonyl (C=O) groups excluding carboxylic acids is 1. The third-order valence-corrected chi connectivity index (χ3v) is 4.48. The molecule has 1 aromatic heterocycles. The van der Waals surface area contributed by atoms with E-state index in [2.05, 4.69) is 22.2 Å². The van der Waals surface area contributed by atoms with Crippen molar-refractivity contribution < 1.29 is 4.79 Å². The third-order valence-electron chi connectivity index (χ3n) is 4.27. The molecule has 0 bridgehead atoms. The fourth-order valence-corrected chi connectivity index (χ4v) is 3.35. The molecule has 3 rings (SSSR count). The molecule has 0 radical (unpaired) electrons. The molecular weight excluding hydrogens is 298 g/mol. The highest BCUT2D eigenvalue weighted by Gasteiger charge is 2.21. The van der Waals surface area contributed by atoms with Gasteiger partial charge in [-0.15, -0.1) is 0 Å². The maximum atomic E-state index is 12.4. The summed E-state index contributed by atoms with van der Waals surface area (Å²) in [7, 11) is 0. The number of rotatable bonds is 2. The van der Waals surface area contributed by atoms with Crippen molar-refractivity contribution in [2.45, 2.75) is 38.6 Å². The van der Waals surface area contributed by atoms with E-state index in [1.807, 2.05) is 0 Å². The molecule has 1 aliphatic carbocycles. The molecule has 22 heavy (non-hydrogen) atoms. The van der Waals surface area contributed by atoms with E-state index >= 15 is 0 Å². The average molecular weight is 317 g/mol. The Morgan fingerprint density at radius 1 is 1.32 bits per heavy atom. The first-order valence-corrected chi connectivity index (χ1v) is 8.01. The molecule has 0 saturated heterocycles. The molecule has 1 aliphatic rings. The lowest BCUT2D eigenvalue weighted by atomic mass is 9.87. The summed E-state index contributed by atoms with van der Waals surface area (Å²) < 4.78 is 0.260. The summed E-state index contributed by atoms with van der Waals surface area (Å²) in [5, 5.41) is 3.59. The summed E-state index contributed by atoms with van der Waals surface area (Å²) >= 11 is 4.97. The molecule has 0 spiro atoms. The van der Waals surface area contributed by atoms with Crippen LogP contribution in [-0.4, -0.2) is 21.9 Å². The van der Waals surface area contributed by atoms with Crippen LogP contribution in [-0.2, 0) is 0 Å². The van der Waals surface area contributed by atoms with Gasteiger partial charge in [0.2, 0.25) is 0 Å². The Labute approximate surface area is 133 Å². The smallest absolute Gasteiger partial charge is 0.259 e. The van der Waals surface area contributed by atoms with Gasteiger partial charge in [-0.05, 0) is 49.2 Å². The number of fused-ring (bicyclic) bond motifs is 1. The van der Waals surface area contributed by atoms with Crippen LogP contribution in [0.4, 0.5) is 0 Å². The minimum absolute atomic E-state index is 0.0967. The van der Waals surface area contributed by atoms with E-state index in [9.17, 15) is 9.59 Å². The molecule has 0 aliphatic heterocycles. The molecule has 3 N–H and O–H groups in total. The Hall–Kier alpha value is -1.95. The lowest BCUT2D eigenvalue weighted by Crippen LogP contribution is -2.38. The predicted molar refractivity (Wildman–Crippen MR) is 88.6 cm³/mol. The van der Waals surface area contributed by atoms with Gasteiger partial charge in [-0.2, -0.15) is 0 Å². The lowest BCUT2D eigenvalue weighted by molar-refractivity contribution is 0.0921. The predicted octanol–water partition coefficient (Wildman–Crippen LogP) is 2.89. The zero-order valence-electron chi connectivity index (χ0n) is 12.4. The van der Waals surface area contributed by atoms with E-state index in [-0.39, 0.29) is 22.3 Å². The first kappa shape index (κ1) is 15.0. The second-order valence-electron chi connectivity index (χ2n) is 6.11. The van der Waals surface area contributed by atoms with Gasteiger partial charge >= 0.3 is 0 Å². The van der Waals surface area contributed by atoms with Gasteiger partial charge < -0.3 is 10.3 Å². The first-order valence-electron chi connectivity index (χ1n) is 7.60. The quantitative estimate of drug-likeness (QED) is 0.745. The van der Waals surface area contributed by atoms with Crippen LogP contribution in [0.1, 0.15) is 43.0 Å². The van der Waals surface area contributed by atoms with Crippen molar-refractivity contribution in [2.24, 2.45) is 5.92 Å². The summed E-state index contributed by atoms with van der Waals surface area (Å²) in [5.41, 5.74) is 0.882. The van der Waals surface area contributed by atoms with Crippen LogP contribution >= 0.6 is 12.2 Å². The van der Waals surface area contributed by atoms with Crippen LogP contribution in [0.3, 0.4) is 0 Å². The second-order valence-corrected chi connectivity index (χ2v) is 6.52. The third kappa shape index (κ3) is 3.11. The SMILES string of the molecule is C[C@@H]1CCC[C@H](NC(=O)c2ccc3c(=O)[nH]c(=S)[nH]c3c2)C1. The molecule has 116 valence electrons. The Kier molecular flexibility index (Phi) is 4.11. The summed E-state index contributed by atoms with van der Waals surface area (Å²) in [6.07, 6.45) is 4.46. The van der Waals surface area contributed by atoms with Gasteiger partial charge in [-0.25, -0.2) is 0 Å². The molecule has 2 aromatic rings. The molecule has 1 amide bonds. The fraction of sp³-hybridized carbons (Fsp3) is 0.438. The van der Waals surface area contributed by atoms with Crippen molar-refractivity contribution in [2.75, 3.05) is 0 Å². The molecule has 1 heterocycles. The lowest BCUT2D eigenvalue weighted by Gasteiger charge is -2.27. The Bertz CT molecular complexity index is 824. The Balaban J connectivity index is 1.85. The topological polar surface area (TPSA) is 77.8 Å². The molecule has 5 nitrogen and oxygen atoms in total. The summed E-state index contributed by atoms with van der Waals surface area (Å²) in [4.78, 5) is 29.6. The number of benzene rings is 1. The second kappa shape index (κ2) is 6.04. The van der Waals surface area contributed by atoms with E-state index in [1.54, 1.807) is 18.2 Å². The van der Waals surface area contributed by atoms with E-state index in [0.29, 0.717) is 22.4 Å². The van der Waals surface area contributed by atoms with Crippen LogP contribution in [0.25, 0.3) is 10.9 Å². The molecule has 1 fully saturated rings.